The fourth-order valence-electron chi connectivity index (χ4n) is 3.52. The van der Waals surface area contributed by atoms with Gasteiger partial charge in [-0.2, -0.15) is 0 Å². The molecule has 3 aromatic rings. The van der Waals surface area contributed by atoms with Crippen LogP contribution in [0.4, 0.5) is 0 Å². The summed E-state index contributed by atoms with van der Waals surface area (Å²) >= 11 is 0. The quantitative estimate of drug-likeness (QED) is 0.702. The summed E-state index contributed by atoms with van der Waals surface area (Å²) in [5, 5.41) is 9.69. The molecule has 9 nitrogen and oxygen atoms in total. The summed E-state index contributed by atoms with van der Waals surface area (Å²) in [6, 6.07) is 9.58. The van der Waals surface area contributed by atoms with Gasteiger partial charge in [-0.1, -0.05) is 30.3 Å². The van der Waals surface area contributed by atoms with E-state index in [9.17, 15) is 9.90 Å². The van der Waals surface area contributed by atoms with Crippen molar-refractivity contribution in [2.24, 2.45) is 0 Å². The van der Waals surface area contributed by atoms with Crippen molar-refractivity contribution in [3.8, 4) is 0 Å². The molecule has 0 amide bonds. The van der Waals surface area contributed by atoms with Gasteiger partial charge in [0.2, 0.25) is 0 Å². The minimum Gasteiger partial charge on any atom is -0.394 e. The van der Waals surface area contributed by atoms with E-state index in [4.69, 9.17) is 14.2 Å². The molecule has 2 aromatic heterocycles. The molecule has 1 aromatic carbocycles. The van der Waals surface area contributed by atoms with Crippen LogP contribution in [0.15, 0.2) is 47.8 Å². The molecule has 0 aliphatic carbocycles. The first-order valence-corrected chi connectivity index (χ1v) is 8.28. The van der Waals surface area contributed by atoms with E-state index in [1.165, 1.54) is 12.7 Å². The number of benzene rings is 1. The Kier molecular flexibility index (Phi) is 3.61. The maximum absolute atomic E-state index is 11.9. The molecule has 9 heteroatoms. The highest BCUT2D eigenvalue weighted by Gasteiger charge is 2.53. The Morgan fingerprint density at radius 1 is 1.12 bits per heavy atom. The lowest BCUT2D eigenvalue weighted by molar-refractivity contribution is -0.153. The van der Waals surface area contributed by atoms with Crippen LogP contribution >= 0.6 is 0 Å². The van der Waals surface area contributed by atoms with Crippen LogP contribution in [0.3, 0.4) is 0 Å². The van der Waals surface area contributed by atoms with E-state index in [1.54, 1.807) is 4.57 Å². The summed E-state index contributed by atoms with van der Waals surface area (Å²) in [4.78, 5) is 22.7. The van der Waals surface area contributed by atoms with Crippen LogP contribution in [0, 0.1) is 0 Å². The van der Waals surface area contributed by atoms with E-state index in [2.05, 4.69) is 15.0 Å². The predicted octanol–water partition coefficient (Wildman–Crippen LogP) is 0.492. The zero-order chi connectivity index (χ0) is 17.7. The van der Waals surface area contributed by atoms with Crippen molar-refractivity contribution in [3.63, 3.8) is 0 Å². The number of imidazole rings is 1. The van der Waals surface area contributed by atoms with Crippen LogP contribution < -0.4 is 5.56 Å². The second kappa shape index (κ2) is 5.99. The van der Waals surface area contributed by atoms with Gasteiger partial charge in [0.25, 0.3) is 5.56 Å². The van der Waals surface area contributed by atoms with E-state index in [-0.39, 0.29) is 17.7 Å². The molecule has 2 aliphatic heterocycles. The van der Waals surface area contributed by atoms with Crippen molar-refractivity contribution in [1.82, 2.24) is 19.5 Å². The Balaban J connectivity index is 1.52. The number of H-pyrrole nitrogens is 1. The second-order valence-corrected chi connectivity index (χ2v) is 6.25. The topological polar surface area (TPSA) is 111 Å². The van der Waals surface area contributed by atoms with Crippen LogP contribution in [-0.2, 0) is 14.2 Å². The molecule has 26 heavy (non-hydrogen) atoms. The standard InChI is InChI=1S/C17H16N4O5/c22-6-10-12-13(26-17(25-12)9-4-2-1-3-5-9)16(24-10)21-8-20-11-14(21)18-7-19-15(11)23/h1-5,7-8,10,12-13,16-17,22H,6H2,(H,18,19,23)/t10-,12-,13-,16-,17+/m1/s1. The zero-order valence-corrected chi connectivity index (χ0v) is 13.6. The van der Waals surface area contributed by atoms with E-state index >= 15 is 0 Å². The maximum Gasteiger partial charge on any atom is 0.278 e. The highest BCUT2D eigenvalue weighted by molar-refractivity contribution is 5.68. The van der Waals surface area contributed by atoms with Crippen molar-refractivity contribution in [2.45, 2.75) is 30.8 Å². The summed E-state index contributed by atoms with van der Waals surface area (Å²) in [7, 11) is 0. The van der Waals surface area contributed by atoms with Crippen LogP contribution in [0.2, 0.25) is 0 Å². The number of ether oxygens (including phenoxy) is 3. The number of aliphatic hydroxyl groups is 1. The number of aromatic nitrogens is 4. The highest BCUT2D eigenvalue weighted by atomic mass is 16.8. The molecule has 2 saturated heterocycles. The summed E-state index contributed by atoms with van der Waals surface area (Å²) < 4.78 is 19.7. The smallest absolute Gasteiger partial charge is 0.278 e. The van der Waals surface area contributed by atoms with Crippen molar-refractivity contribution >= 4 is 11.2 Å². The van der Waals surface area contributed by atoms with Crippen molar-refractivity contribution in [2.75, 3.05) is 6.61 Å². The number of aromatic amines is 1. The molecule has 4 heterocycles. The van der Waals surface area contributed by atoms with Gasteiger partial charge in [0.1, 0.15) is 18.3 Å². The Morgan fingerprint density at radius 3 is 2.73 bits per heavy atom. The fraction of sp³-hybridized carbons (Fsp3) is 0.353. The van der Waals surface area contributed by atoms with Crippen molar-refractivity contribution < 1.29 is 19.3 Å². The Morgan fingerprint density at radius 2 is 1.92 bits per heavy atom. The minimum atomic E-state index is -0.606. The number of rotatable bonds is 3. The van der Waals surface area contributed by atoms with E-state index in [1.807, 2.05) is 30.3 Å². The Labute approximate surface area is 147 Å². The van der Waals surface area contributed by atoms with Crippen LogP contribution in [-0.4, -0.2) is 49.5 Å². The number of aliphatic hydroxyl groups excluding tert-OH is 1. The highest BCUT2D eigenvalue weighted by Crippen LogP contribution is 2.44. The lowest BCUT2D eigenvalue weighted by Gasteiger charge is -2.20. The zero-order valence-electron chi connectivity index (χ0n) is 13.6. The third-order valence-corrected chi connectivity index (χ3v) is 4.74. The number of hydrogen-bond donors (Lipinski definition) is 2. The van der Waals surface area contributed by atoms with Crippen molar-refractivity contribution in [1.29, 1.82) is 0 Å². The van der Waals surface area contributed by atoms with Gasteiger partial charge in [-0.15, -0.1) is 0 Å². The van der Waals surface area contributed by atoms with Gasteiger partial charge >= 0.3 is 0 Å². The van der Waals surface area contributed by atoms with Crippen molar-refractivity contribution in [3.05, 3.63) is 58.9 Å². The molecule has 0 spiro atoms. The average Bonchev–Trinajstić information content (AvgIpc) is 3.36. The van der Waals surface area contributed by atoms with E-state index in [0.29, 0.717) is 5.65 Å². The third-order valence-electron chi connectivity index (χ3n) is 4.74. The molecular formula is C17H16N4O5. The molecule has 0 bridgehead atoms. The molecule has 5 atom stereocenters. The molecule has 2 N–H and O–H groups in total. The van der Waals surface area contributed by atoms with Gasteiger partial charge in [0.05, 0.1) is 19.3 Å². The number of nitrogens with one attached hydrogen (secondary N) is 1. The van der Waals surface area contributed by atoms with Crippen LogP contribution in [0.1, 0.15) is 18.1 Å². The third kappa shape index (κ3) is 2.29. The number of fused-ring (bicyclic) bond motifs is 2. The molecule has 0 radical (unpaired) electrons. The number of hydrogen-bond acceptors (Lipinski definition) is 7. The molecule has 2 aliphatic rings. The predicted molar refractivity (Wildman–Crippen MR) is 88.1 cm³/mol. The summed E-state index contributed by atoms with van der Waals surface area (Å²) in [5.74, 6) is 0. The SMILES string of the molecule is O=c1[nH]cnc2c1ncn2[C@@H]1O[C@H](CO)[C@H]2O[C@H](c3ccccc3)O[C@H]21. The summed E-state index contributed by atoms with van der Waals surface area (Å²) in [5.41, 5.74) is 1.18. The van der Waals surface area contributed by atoms with Gasteiger partial charge in [-0.3, -0.25) is 9.36 Å². The Hall–Kier alpha value is -2.59. The van der Waals surface area contributed by atoms with E-state index < -0.39 is 30.8 Å². The summed E-state index contributed by atoms with van der Waals surface area (Å²) in [6.45, 7) is -0.205. The second-order valence-electron chi connectivity index (χ2n) is 6.25. The van der Waals surface area contributed by atoms with Gasteiger partial charge < -0.3 is 24.3 Å². The van der Waals surface area contributed by atoms with Gasteiger partial charge in [0.15, 0.2) is 23.7 Å². The Bertz CT molecular complexity index is 987. The average molecular weight is 356 g/mol. The molecule has 134 valence electrons. The molecule has 2 fully saturated rings. The first kappa shape index (κ1) is 15.6. The first-order valence-electron chi connectivity index (χ1n) is 8.28. The first-order chi connectivity index (χ1) is 12.8. The largest absolute Gasteiger partial charge is 0.394 e. The monoisotopic (exact) mass is 356 g/mol. The molecular weight excluding hydrogens is 340 g/mol. The lowest BCUT2D eigenvalue weighted by atomic mass is 10.1. The van der Waals surface area contributed by atoms with E-state index in [0.717, 1.165) is 5.56 Å². The van der Waals surface area contributed by atoms with Gasteiger partial charge in [0, 0.05) is 5.56 Å². The number of nitrogens with zero attached hydrogens (tertiary/aromatic N) is 3. The maximum atomic E-state index is 11.9. The van der Waals surface area contributed by atoms with Gasteiger partial charge in [-0.05, 0) is 0 Å². The van der Waals surface area contributed by atoms with Gasteiger partial charge in [-0.25, -0.2) is 9.97 Å². The minimum absolute atomic E-state index is 0.205. The summed E-state index contributed by atoms with van der Waals surface area (Å²) in [6.07, 6.45) is 0.220. The molecule has 0 unspecified atom stereocenters. The van der Waals surface area contributed by atoms with Crippen LogP contribution in [0.5, 0.6) is 0 Å². The lowest BCUT2D eigenvalue weighted by Crippen LogP contribution is -2.30. The fourth-order valence-corrected chi connectivity index (χ4v) is 3.52. The molecule has 5 rings (SSSR count). The van der Waals surface area contributed by atoms with Crippen LogP contribution in [0.25, 0.3) is 11.2 Å². The normalized spacial score (nSPS) is 30.7. The molecule has 0 saturated carbocycles.